The minimum atomic E-state index is -1.30. The van der Waals surface area contributed by atoms with Gasteiger partial charge in [0.2, 0.25) is 5.43 Å². The number of aromatic hydroxyl groups is 1. The molecule has 0 radical (unpaired) electrons. The number of ether oxygens (including phenoxy) is 2. The molecule has 9 nitrogen and oxygen atoms in total. The fraction of sp³-hybridized carbons (Fsp3) is 0.364. The number of phenolic OH excluding ortho intramolecular Hbond substituents is 1. The molecule has 9 heteroatoms. The molecule has 0 aromatic heterocycles. The number of phenols is 1. The Kier molecular flexibility index (Phi) is 3.83. The maximum atomic E-state index is 13.3. The number of nitrogens with zero attached hydrogens (tertiary/aromatic N) is 2. The molecule has 1 aliphatic heterocycles. The first kappa shape index (κ1) is 19.6. The molecule has 3 aliphatic carbocycles. The maximum absolute atomic E-state index is 13.3. The normalized spacial score (nSPS) is 26.5. The highest BCUT2D eigenvalue weighted by Gasteiger charge is 2.68. The van der Waals surface area contributed by atoms with Crippen molar-refractivity contribution in [2.75, 3.05) is 0 Å². The zero-order valence-corrected chi connectivity index (χ0v) is 16.9. The average Bonchev–Trinajstić information content (AvgIpc) is 3.30. The van der Waals surface area contributed by atoms with Crippen LogP contribution >= 0.6 is 0 Å². The summed E-state index contributed by atoms with van der Waals surface area (Å²) >= 11 is 0. The van der Waals surface area contributed by atoms with E-state index in [4.69, 9.17) is 9.47 Å². The fourth-order valence-electron chi connectivity index (χ4n) is 4.71. The molecule has 5 rings (SSSR count). The van der Waals surface area contributed by atoms with E-state index in [1.54, 1.807) is 20.8 Å². The molecule has 158 valence electrons. The number of benzene rings is 1. The second kappa shape index (κ2) is 6.07. The smallest absolute Gasteiger partial charge is 0.334 e. The van der Waals surface area contributed by atoms with Crippen molar-refractivity contribution in [1.82, 2.24) is 0 Å². The third-order valence-corrected chi connectivity index (χ3v) is 6.33. The number of aliphatic hydroxyl groups is 1. The second-order valence-electron chi connectivity index (χ2n) is 8.52. The Labute approximate surface area is 174 Å². The summed E-state index contributed by atoms with van der Waals surface area (Å²) in [5, 5.41) is 20.3. The van der Waals surface area contributed by atoms with Crippen molar-refractivity contribution in [2.24, 2.45) is 5.92 Å². The van der Waals surface area contributed by atoms with Crippen molar-refractivity contribution >= 4 is 16.7 Å². The zero-order chi connectivity index (χ0) is 22.4. The number of hydrogen-bond acceptors (Lipinski definition) is 7. The van der Waals surface area contributed by atoms with Gasteiger partial charge in [0.15, 0.2) is 11.5 Å². The van der Waals surface area contributed by atoms with Crippen LogP contribution in [0.2, 0.25) is 0 Å². The molecule has 1 aromatic carbocycles. The summed E-state index contributed by atoms with van der Waals surface area (Å²) < 4.78 is 11.3. The lowest BCUT2D eigenvalue weighted by Gasteiger charge is -2.27. The molecule has 0 unspecified atom stereocenters. The number of hydrogen-bond donors (Lipinski definition) is 2. The van der Waals surface area contributed by atoms with Gasteiger partial charge in [0.1, 0.15) is 28.8 Å². The van der Waals surface area contributed by atoms with Crippen molar-refractivity contribution in [3.05, 3.63) is 71.1 Å². The van der Waals surface area contributed by atoms with Gasteiger partial charge in [0, 0.05) is 16.2 Å². The summed E-state index contributed by atoms with van der Waals surface area (Å²) in [7, 11) is 0. The molecule has 0 spiro atoms. The monoisotopic (exact) mass is 422 g/mol. The van der Waals surface area contributed by atoms with E-state index in [9.17, 15) is 30.1 Å². The van der Waals surface area contributed by atoms with Gasteiger partial charge in [0.05, 0.1) is 16.9 Å². The van der Waals surface area contributed by atoms with Crippen molar-refractivity contribution in [3.63, 3.8) is 0 Å². The van der Waals surface area contributed by atoms with E-state index in [1.807, 2.05) is 0 Å². The van der Waals surface area contributed by atoms with Gasteiger partial charge >= 0.3 is 11.3 Å². The topological polar surface area (TPSA) is 150 Å². The lowest BCUT2D eigenvalue weighted by Crippen LogP contribution is -2.37. The summed E-state index contributed by atoms with van der Waals surface area (Å²) in [6.07, 6.45) is -3.16. The van der Waals surface area contributed by atoms with Crippen LogP contribution in [0.3, 0.4) is 0 Å². The van der Waals surface area contributed by atoms with Gasteiger partial charge in [-0.15, -0.1) is 0 Å². The summed E-state index contributed by atoms with van der Waals surface area (Å²) in [5.74, 6) is -1.41. The minimum Gasteiger partial charge on any atom is -0.507 e. The van der Waals surface area contributed by atoms with Crippen LogP contribution < -0.4 is 16.2 Å². The molecule has 31 heavy (non-hydrogen) atoms. The molecule has 0 saturated carbocycles. The van der Waals surface area contributed by atoms with E-state index in [1.165, 1.54) is 18.2 Å². The van der Waals surface area contributed by atoms with E-state index in [-0.39, 0.29) is 43.4 Å². The van der Waals surface area contributed by atoms with Gasteiger partial charge in [-0.05, 0) is 13.0 Å². The van der Waals surface area contributed by atoms with Crippen LogP contribution in [-0.2, 0) is 14.3 Å². The summed E-state index contributed by atoms with van der Waals surface area (Å²) in [6.45, 7) is 4.93. The van der Waals surface area contributed by atoms with Gasteiger partial charge in [0.25, 0.3) is 0 Å². The Morgan fingerprint density at radius 2 is 1.94 bits per heavy atom. The van der Waals surface area contributed by atoms with Crippen LogP contribution in [0.4, 0.5) is 0 Å². The highest BCUT2D eigenvalue weighted by molar-refractivity contribution is 5.88. The first-order valence-electron chi connectivity index (χ1n) is 9.82. The summed E-state index contributed by atoms with van der Waals surface area (Å²) in [4.78, 5) is 42.3. The second-order valence-corrected chi connectivity index (χ2v) is 8.52. The van der Waals surface area contributed by atoms with E-state index in [0.717, 1.165) is 0 Å². The van der Waals surface area contributed by atoms with E-state index >= 15 is 0 Å². The van der Waals surface area contributed by atoms with E-state index in [2.05, 4.69) is 4.79 Å². The molecule has 0 amide bonds. The number of carbonyl (C=O) groups is 1. The Bertz CT molecular complexity index is 1550. The molecule has 4 atom stereocenters. The van der Waals surface area contributed by atoms with E-state index in [0.29, 0.717) is 0 Å². The molecule has 4 aliphatic rings. The van der Waals surface area contributed by atoms with Crippen molar-refractivity contribution in [1.29, 1.82) is 0 Å². The molecule has 1 fully saturated rings. The Balaban J connectivity index is 1.99. The molecule has 1 heterocycles. The standard InChI is InChI=1S/C22H18N2O7/c1-7(2)21(29)30-19-14-12(18(28)20-22(19,3)31-20)11-13(15(14)24-23)17(27)10-8(16(11)26)5-4-6-9(10)25/h4-7,18-20,25,28H,1-3H3/t18-,19+,20-,22+/m0/s1. The van der Waals surface area contributed by atoms with Gasteiger partial charge < -0.3 is 25.2 Å². The van der Waals surface area contributed by atoms with Crippen molar-refractivity contribution in [2.45, 2.75) is 44.7 Å². The van der Waals surface area contributed by atoms with Crippen LogP contribution in [0, 0.1) is 16.4 Å². The number of fused-ring (bicyclic) bond motifs is 4. The van der Waals surface area contributed by atoms with Crippen LogP contribution in [-0.4, -0.2) is 32.7 Å². The number of rotatable bonds is 2. The first-order chi connectivity index (χ1) is 14.6. The van der Waals surface area contributed by atoms with Crippen LogP contribution in [0.25, 0.3) is 16.3 Å². The molecule has 0 bridgehead atoms. The summed E-state index contributed by atoms with van der Waals surface area (Å²) in [5.41, 5.74) is 7.52. The SMILES string of the molecule is CC(C)C(=O)O[C@@H]1c2c(c3c(=O)c4cccc(O)c4c(=O)c=3c2=[N+]=[N-])[C@H](O)[C@@H]2O[C@]12C. The van der Waals surface area contributed by atoms with Crippen LogP contribution in [0.1, 0.15) is 44.1 Å². The number of epoxide rings is 1. The van der Waals surface area contributed by atoms with Gasteiger partial charge in [-0.25, -0.2) is 0 Å². The minimum absolute atomic E-state index is 0.0252. The molecule has 1 saturated heterocycles. The highest BCUT2D eigenvalue weighted by atomic mass is 16.7. The Morgan fingerprint density at radius 3 is 2.58 bits per heavy atom. The number of aliphatic hydroxyl groups excluding tert-OH is 1. The average molecular weight is 422 g/mol. The quantitative estimate of drug-likeness (QED) is 0.263. The van der Waals surface area contributed by atoms with Gasteiger partial charge in [-0.1, -0.05) is 26.0 Å². The third kappa shape index (κ3) is 2.31. The van der Waals surface area contributed by atoms with Crippen molar-refractivity contribution in [3.8, 4) is 5.75 Å². The zero-order valence-electron chi connectivity index (χ0n) is 16.9. The fourth-order valence-corrected chi connectivity index (χ4v) is 4.71. The third-order valence-electron chi connectivity index (χ3n) is 6.33. The predicted molar refractivity (Wildman–Crippen MR) is 104 cm³/mol. The van der Waals surface area contributed by atoms with Crippen LogP contribution in [0.5, 0.6) is 5.75 Å². The number of carbonyl (C=O) groups excluding carboxylic acids is 1. The Morgan fingerprint density at radius 1 is 1.23 bits per heavy atom. The molecule has 2 N–H and O–H groups in total. The molecular formula is C22H18N2O7. The first-order valence-corrected chi connectivity index (χ1v) is 9.82. The van der Waals surface area contributed by atoms with Crippen molar-refractivity contribution < 1.29 is 29.3 Å². The predicted octanol–water partition coefficient (Wildman–Crippen LogP) is 0.441. The highest BCUT2D eigenvalue weighted by Crippen LogP contribution is 2.58. The van der Waals surface area contributed by atoms with E-state index < -0.39 is 46.7 Å². The number of esters is 1. The molecule has 1 aromatic rings. The molecular weight excluding hydrogens is 404 g/mol. The van der Waals surface area contributed by atoms with Crippen LogP contribution in [0.15, 0.2) is 27.8 Å². The lowest BCUT2D eigenvalue weighted by molar-refractivity contribution is -0.158. The van der Waals surface area contributed by atoms with Gasteiger partial charge in [-0.3, -0.25) is 14.4 Å². The Hall–Kier alpha value is -3.39. The maximum Gasteiger partial charge on any atom is 0.334 e. The summed E-state index contributed by atoms with van der Waals surface area (Å²) in [6, 6.07) is 4.11. The van der Waals surface area contributed by atoms with Gasteiger partial charge in [-0.2, -0.15) is 4.79 Å². The largest absolute Gasteiger partial charge is 0.507 e. The lowest BCUT2D eigenvalue weighted by atomic mass is 9.81.